The number of aryl methyl sites for hydroxylation is 2. The summed E-state index contributed by atoms with van der Waals surface area (Å²) < 4.78 is 5.51. The maximum absolute atomic E-state index is 12.2. The lowest BCUT2D eigenvalue weighted by Gasteiger charge is -2.02. The van der Waals surface area contributed by atoms with Crippen molar-refractivity contribution in [1.29, 1.82) is 0 Å². The third-order valence-corrected chi connectivity index (χ3v) is 3.56. The maximum Gasteiger partial charge on any atom is 0.322 e. The Morgan fingerprint density at radius 2 is 1.78 bits per heavy atom. The third kappa shape index (κ3) is 3.40. The van der Waals surface area contributed by atoms with Crippen LogP contribution in [-0.4, -0.2) is 16.1 Å². The minimum Gasteiger partial charge on any atom is -0.403 e. The molecule has 0 aliphatic heterocycles. The third-order valence-electron chi connectivity index (χ3n) is 3.23. The van der Waals surface area contributed by atoms with Crippen molar-refractivity contribution in [3.05, 3.63) is 64.2 Å². The fraction of sp³-hybridized carbons (Fsp3) is 0.118. The van der Waals surface area contributed by atoms with Crippen LogP contribution in [0.3, 0.4) is 0 Å². The van der Waals surface area contributed by atoms with Gasteiger partial charge in [0.25, 0.3) is 5.91 Å². The maximum atomic E-state index is 12.2. The van der Waals surface area contributed by atoms with E-state index in [2.05, 4.69) is 21.6 Å². The Balaban J connectivity index is 1.82. The van der Waals surface area contributed by atoms with E-state index in [9.17, 15) is 4.79 Å². The van der Waals surface area contributed by atoms with E-state index in [0.29, 0.717) is 16.5 Å². The molecule has 0 aliphatic rings. The molecule has 1 amide bonds. The first-order chi connectivity index (χ1) is 11.0. The largest absolute Gasteiger partial charge is 0.403 e. The first kappa shape index (κ1) is 15.2. The Labute approximate surface area is 138 Å². The van der Waals surface area contributed by atoms with Gasteiger partial charge in [-0.2, -0.15) is 0 Å². The van der Waals surface area contributed by atoms with Crippen LogP contribution in [0.5, 0.6) is 0 Å². The zero-order valence-corrected chi connectivity index (χ0v) is 13.4. The van der Waals surface area contributed by atoms with Crippen LogP contribution in [-0.2, 0) is 0 Å². The average Bonchev–Trinajstić information content (AvgIpc) is 2.95. The second kappa shape index (κ2) is 6.22. The highest BCUT2D eigenvalue weighted by Crippen LogP contribution is 2.23. The zero-order chi connectivity index (χ0) is 16.4. The lowest BCUT2D eigenvalue weighted by molar-refractivity contribution is 0.102. The number of anilines is 1. The molecule has 1 N–H and O–H groups in total. The van der Waals surface area contributed by atoms with Crippen LogP contribution in [0.15, 0.2) is 46.9 Å². The lowest BCUT2D eigenvalue weighted by atomic mass is 10.1. The van der Waals surface area contributed by atoms with Crippen LogP contribution < -0.4 is 5.32 Å². The first-order valence-corrected chi connectivity index (χ1v) is 7.39. The number of amides is 1. The number of nitrogens with zero attached hydrogens (tertiary/aromatic N) is 2. The van der Waals surface area contributed by atoms with Gasteiger partial charge in [0, 0.05) is 5.56 Å². The molecule has 0 atom stereocenters. The van der Waals surface area contributed by atoms with Gasteiger partial charge in [-0.3, -0.25) is 10.1 Å². The minimum absolute atomic E-state index is 0.0316. The summed E-state index contributed by atoms with van der Waals surface area (Å²) in [7, 11) is 0. The second-order valence-electron chi connectivity index (χ2n) is 5.22. The zero-order valence-electron chi connectivity index (χ0n) is 12.6. The van der Waals surface area contributed by atoms with E-state index in [1.165, 1.54) is 0 Å². The number of carbonyl (C=O) groups is 1. The Kier molecular flexibility index (Phi) is 4.12. The normalized spacial score (nSPS) is 10.6. The Bertz CT molecular complexity index is 854. The summed E-state index contributed by atoms with van der Waals surface area (Å²) in [5, 5.41) is 10.7. The second-order valence-corrected chi connectivity index (χ2v) is 5.63. The van der Waals surface area contributed by atoms with Crippen LogP contribution in [0.4, 0.5) is 6.01 Å². The summed E-state index contributed by atoms with van der Waals surface area (Å²) in [6.45, 7) is 3.99. The Morgan fingerprint density at radius 1 is 1.09 bits per heavy atom. The van der Waals surface area contributed by atoms with Crippen molar-refractivity contribution in [3.8, 4) is 11.5 Å². The van der Waals surface area contributed by atoms with Crippen LogP contribution in [0, 0.1) is 13.8 Å². The van der Waals surface area contributed by atoms with Gasteiger partial charge in [-0.25, -0.2) is 0 Å². The van der Waals surface area contributed by atoms with E-state index in [1.54, 1.807) is 24.3 Å². The molecule has 0 radical (unpaired) electrons. The molecule has 23 heavy (non-hydrogen) atoms. The Morgan fingerprint density at radius 3 is 2.48 bits per heavy atom. The molecule has 0 spiro atoms. The number of carbonyl (C=O) groups excluding carboxylic acids is 1. The number of halogens is 1. The molecule has 0 aliphatic carbocycles. The van der Waals surface area contributed by atoms with Crippen molar-refractivity contribution < 1.29 is 9.21 Å². The molecule has 1 aromatic heterocycles. The van der Waals surface area contributed by atoms with E-state index in [4.69, 9.17) is 16.0 Å². The van der Waals surface area contributed by atoms with Gasteiger partial charge in [0.15, 0.2) is 0 Å². The summed E-state index contributed by atoms with van der Waals surface area (Å²) in [6, 6.07) is 12.7. The quantitative estimate of drug-likeness (QED) is 0.780. The van der Waals surface area contributed by atoms with E-state index < -0.39 is 5.91 Å². The van der Waals surface area contributed by atoms with Crippen molar-refractivity contribution in [3.63, 3.8) is 0 Å². The topological polar surface area (TPSA) is 68.0 Å². The molecule has 0 saturated heterocycles. The van der Waals surface area contributed by atoms with E-state index in [0.717, 1.165) is 16.7 Å². The van der Waals surface area contributed by atoms with Gasteiger partial charge in [-0.05, 0) is 38.1 Å². The van der Waals surface area contributed by atoms with Crippen molar-refractivity contribution in [1.82, 2.24) is 10.2 Å². The molecule has 0 fully saturated rings. The number of hydrogen-bond acceptors (Lipinski definition) is 4. The molecule has 1 heterocycles. The summed E-state index contributed by atoms with van der Waals surface area (Å²) >= 11 is 5.99. The van der Waals surface area contributed by atoms with Crippen LogP contribution in [0.2, 0.25) is 5.02 Å². The molecular weight excluding hydrogens is 314 g/mol. The molecule has 116 valence electrons. The highest BCUT2D eigenvalue weighted by atomic mass is 35.5. The number of benzene rings is 2. The SMILES string of the molecule is Cc1cc(C)cc(-c2nnc(NC(=O)c3ccccc3Cl)o2)c1. The van der Waals surface area contributed by atoms with Crippen LogP contribution in [0.25, 0.3) is 11.5 Å². The molecule has 6 heteroatoms. The molecule has 0 bridgehead atoms. The molecule has 0 saturated carbocycles. The molecular formula is C17H14ClN3O2. The molecule has 3 rings (SSSR count). The standard InChI is InChI=1S/C17H14ClN3O2/c1-10-7-11(2)9-12(8-10)16-20-21-17(23-16)19-15(22)13-5-3-4-6-14(13)18/h3-9H,1-2H3,(H,19,21,22). The predicted molar refractivity (Wildman–Crippen MR) is 88.6 cm³/mol. The first-order valence-electron chi connectivity index (χ1n) is 7.01. The van der Waals surface area contributed by atoms with Gasteiger partial charge >= 0.3 is 6.01 Å². The predicted octanol–water partition coefficient (Wildman–Crippen LogP) is 4.26. The molecule has 2 aromatic carbocycles. The van der Waals surface area contributed by atoms with E-state index >= 15 is 0 Å². The summed E-state index contributed by atoms with van der Waals surface area (Å²) in [6.07, 6.45) is 0. The van der Waals surface area contributed by atoms with Crippen molar-refractivity contribution in [2.45, 2.75) is 13.8 Å². The van der Waals surface area contributed by atoms with Crippen molar-refractivity contribution >= 4 is 23.5 Å². The van der Waals surface area contributed by atoms with Crippen LogP contribution in [0.1, 0.15) is 21.5 Å². The van der Waals surface area contributed by atoms with Gasteiger partial charge in [-0.1, -0.05) is 46.0 Å². The number of hydrogen-bond donors (Lipinski definition) is 1. The fourth-order valence-electron chi connectivity index (χ4n) is 2.30. The van der Waals surface area contributed by atoms with Crippen molar-refractivity contribution in [2.24, 2.45) is 0 Å². The van der Waals surface area contributed by atoms with Crippen molar-refractivity contribution in [2.75, 3.05) is 5.32 Å². The Hall–Kier alpha value is -2.66. The average molecular weight is 328 g/mol. The van der Waals surface area contributed by atoms with Crippen LogP contribution >= 0.6 is 11.6 Å². The summed E-state index contributed by atoms with van der Waals surface area (Å²) in [4.78, 5) is 12.2. The van der Waals surface area contributed by atoms with Gasteiger partial charge < -0.3 is 4.42 Å². The molecule has 0 unspecified atom stereocenters. The van der Waals surface area contributed by atoms with Gasteiger partial charge in [0.1, 0.15) is 0 Å². The summed E-state index contributed by atoms with van der Waals surface area (Å²) in [5.41, 5.74) is 3.35. The van der Waals surface area contributed by atoms with Gasteiger partial charge in [-0.15, -0.1) is 5.10 Å². The smallest absolute Gasteiger partial charge is 0.322 e. The summed E-state index contributed by atoms with van der Waals surface area (Å²) in [5.74, 6) is -0.0440. The lowest BCUT2D eigenvalue weighted by Crippen LogP contribution is -2.12. The fourth-order valence-corrected chi connectivity index (χ4v) is 2.52. The highest BCUT2D eigenvalue weighted by molar-refractivity contribution is 6.34. The number of aromatic nitrogens is 2. The number of rotatable bonds is 3. The number of nitrogens with one attached hydrogen (secondary N) is 1. The van der Waals surface area contributed by atoms with E-state index in [1.807, 2.05) is 26.0 Å². The van der Waals surface area contributed by atoms with Gasteiger partial charge in [0.05, 0.1) is 10.6 Å². The molecule has 5 nitrogen and oxygen atoms in total. The molecule has 3 aromatic rings. The van der Waals surface area contributed by atoms with E-state index in [-0.39, 0.29) is 6.01 Å². The minimum atomic E-state index is -0.397. The van der Waals surface area contributed by atoms with Gasteiger partial charge in [0.2, 0.25) is 5.89 Å². The highest BCUT2D eigenvalue weighted by Gasteiger charge is 2.15. The monoisotopic (exact) mass is 327 g/mol.